The molecule has 2 aromatic carbocycles. The van der Waals surface area contributed by atoms with Crippen molar-refractivity contribution in [2.24, 2.45) is 17.8 Å². The van der Waals surface area contributed by atoms with Crippen molar-refractivity contribution in [1.82, 2.24) is 0 Å². The van der Waals surface area contributed by atoms with Gasteiger partial charge in [0.2, 0.25) is 0 Å². The van der Waals surface area contributed by atoms with Crippen LogP contribution in [-0.2, 0) is 12.8 Å². The number of halogens is 4. The average Bonchev–Trinajstić information content (AvgIpc) is 2.81. The van der Waals surface area contributed by atoms with E-state index in [9.17, 15) is 13.2 Å². The third-order valence-corrected chi connectivity index (χ3v) is 8.60. The molecule has 0 aliphatic heterocycles. The minimum absolute atomic E-state index is 0.212. The Hall–Kier alpha value is -1.48. The third-order valence-electron chi connectivity index (χ3n) is 8.24. The molecule has 0 heterocycles. The quantitative estimate of drug-likeness (QED) is 0.349. The normalized spacial score (nSPS) is 25.8. The molecule has 0 nitrogen and oxygen atoms in total. The van der Waals surface area contributed by atoms with Gasteiger partial charge in [-0.2, -0.15) is 0 Å². The van der Waals surface area contributed by atoms with Gasteiger partial charge in [-0.25, -0.2) is 13.2 Å². The monoisotopic (exact) mass is 476 g/mol. The first-order valence-corrected chi connectivity index (χ1v) is 13.2. The Kier molecular flexibility index (Phi) is 8.43. The Morgan fingerprint density at radius 1 is 0.727 bits per heavy atom. The molecule has 0 bridgehead atoms. The van der Waals surface area contributed by atoms with Crippen LogP contribution in [0, 0.1) is 35.2 Å². The first-order valence-electron chi connectivity index (χ1n) is 12.8. The Labute approximate surface area is 201 Å². The highest BCUT2D eigenvalue weighted by atomic mass is 35.5. The number of hydrogen-bond donors (Lipinski definition) is 0. The van der Waals surface area contributed by atoms with E-state index >= 15 is 0 Å². The highest BCUT2D eigenvalue weighted by molar-refractivity contribution is 6.30. The van der Waals surface area contributed by atoms with E-state index in [0.717, 1.165) is 36.2 Å². The molecule has 4 heteroatoms. The zero-order chi connectivity index (χ0) is 23.4. The van der Waals surface area contributed by atoms with Gasteiger partial charge in [0.25, 0.3) is 0 Å². The molecule has 0 radical (unpaired) electrons. The van der Waals surface area contributed by atoms with Gasteiger partial charge in [-0.05, 0) is 97.1 Å². The Morgan fingerprint density at radius 2 is 1.30 bits per heavy atom. The van der Waals surface area contributed by atoms with Gasteiger partial charge < -0.3 is 0 Å². The largest absolute Gasteiger partial charge is 0.207 e. The molecular formula is C29H36ClF3. The molecule has 33 heavy (non-hydrogen) atoms. The summed E-state index contributed by atoms with van der Waals surface area (Å²) in [5.74, 6) is 1.40. The smallest absolute Gasteiger partial charge is 0.145 e. The average molecular weight is 477 g/mol. The lowest BCUT2D eigenvalue weighted by Crippen LogP contribution is -2.17. The van der Waals surface area contributed by atoms with Crippen LogP contribution in [0.25, 0.3) is 0 Å². The van der Waals surface area contributed by atoms with Crippen LogP contribution in [0.5, 0.6) is 0 Å². The molecule has 2 fully saturated rings. The molecule has 180 valence electrons. The molecule has 0 N–H and O–H groups in total. The van der Waals surface area contributed by atoms with Gasteiger partial charge in [-0.3, -0.25) is 0 Å². The Bertz CT molecular complexity index is 901. The highest BCUT2D eigenvalue weighted by Gasteiger charge is 2.25. The first kappa shape index (κ1) is 24.6. The summed E-state index contributed by atoms with van der Waals surface area (Å²) >= 11 is 5.54. The van der Waals surface area contributed by atoms with Crippen molar-refractivity contribution in [2.45, 2.75) is 89.9 Å². The van der Waals surface area contributed by atoms with Crippen LogP contribution in [0.1, 0.15) is 93.7 Å². The SMILES string of the molecule is C[C@H]1CC[C@H](CC[C@H]2CC[C@H](c3ccc(CCc4cc(F)c(Cl)c(F)c4)c(F)c3)CC2)CC1. The van der Waals surface area contributed by atoms with Crippen molar-refractivity contribution in [1.29, 1.82) is 0 Å². The second-order valence-electron chi connectivity index (χ2n) is 10.6. The molecule has 2 aliphatic rings. The molecule has 0 spiro atoms. The van der Waals surface area contributed by atoms with Gasteiger partial charge in [0.15, 0.2) is 0 Å². The third kappa shape index (κ3) is 6.56. The van der Waals surface area contributed by atoms with E-state index in [1.807, 2.05) is 6.07 Å². The Balaban J connectivity index is 1.25. The molecule has 2 aliphatic carbocycles. The maximum atomic E-state index is 14.8. The maximum Gasteiger partial charge on any atom is 0.145 e. The summed E-state index contributed by atoms with van der Waals surface area (Å²) in [7, 11) is 0. The fourth-order valence-corrected chi connectivity index (χ4v) is 6.03. The van der Waals surface area contributed by atoms with Crippen molar-refractivity contribution < 1.29 is 13.2 Å². The standard InChI is InChI=1S/C29H36ClF3/c1-19-2-4-20(5-3-19)6-7-21-8-11-23(12-9-21)25-15-14-24(26(31)18-25)13-10-22-16-27(32)29(30)28(33)17-22/h14-21,23H,2-13H2,1H3/t19-,20-,21-,23-. The van der Waals surface area contributed by atoms with Crippen LogP contribution in [-0.4, -0.2) is 0 Å². The summed E-state index contributed by atoms with van der Waals surface area (Å²) in [6.45, 7) is 2.38. The van der Waals surface area contributed by atoms with E-state index in [2.05, 4.69) is 13.0 Å². The van der Waals surface area contributed by atoms with Crippen molar-refractivity contribution in [2.75, 3.05) is 0 Å². The fourth-order valence-electron chi connectivity index (χ4n) is 5.93. The number of hydrogen-bond acceptors (Lipinski definition) is 0. The van der Waals surface area contributed by atoms with Crippen LogP contribution >= 0.6 is 11.6 Å². The first-order chi connectivity index (χ1) is 15.9. The maximum absolute atomic E-state index is 14.8. The Morgan fingerprint density at radius 3 is 1.88 bits per heavy atom. The fraction of sp³-hybridized carbons (Fsp3) is 0.586. The summed E-state index contributed by atoms with van der Waals surface area (Å²) < 4.78 is 42.1. The van der Waals surface area contributed by atoms with Crippen LogP contribution in [0.15, 0.2) is 30.3 Å². The summed E-state index contributed by atoms with van der Waals surface area (Å²) in [6.07, 6.45) is 14.0. The van der Waals surface area contributed by atoms with Crippen LogP contribution in [0.3, 0.4) is 0 Å². The zero-order valence-electron chi connectivity index (χ0n) is 19.7. The molecule has 0 amide bonds. The van der Waals surface area contributed by atoms with Crippen LogP contribution in [0.4, 0.5) is 13.2 Å². The van der Waals surface area contributed by atoms with Crippen LogP contribution in [0.2, 0.25) is 5.02 Å². The van der Waals surface area contributed by atoms with Crippen molar-refractivity contribution >= 4 is 11.6 Å². The van der Waals surface area contributed by atoms with Gasteiger partial charge in [0, 0.05) is 0 Å². The predicted octanol–water partition coefficient (Wildman–Crippen LogP) is 9.42. The lowest BCUT2D eigenvalue weighted by molar-refractivity contribution is 0.237. The van der Waals surface area contributed by atoms with Crippen molar-refractivity contribution in [3.8, 4) is 0 Å². The van der Waals surface area contributed by atoms with E-state index in [4.69, 9.17) is 11.6 Å². The molecule has 2 aromatic rings. The van der Waals surface area contributed by atoms with E-state index in [1.54, 1.807) is 6.07 Å². The highest BCUT2D eigenvalue weighted by Crippen LogP contribution is 2.40. The summed E-state index contributed by atoms with van der Waals surface area (Å²) in [4.78, 5) is 0. The minimum atomic E-state index is -0.772. The van der Waals surface area contributed by atoms with E-state index in [1.165, 1.54) is 63.5 Å². The van der Waals surface area contributed by atoms with E-state index in [0.29, 0.717) is 29.9 Å². The number of benzene rings is 2. The lowest BCUT2D eigenvalue weighted by Gasteiger charge is -2.31. The minimum Gasteiger partial charge on any atom is -0.207 e. The molecule has 0 saturated heterocycles. The van der Waals surface area contributed by atoms with Crippen molar-refractivity contribution in [3.63, 3.8) is 0 Å². The van der Waals surface area contributed by atoms with Gasteiger partial charge in [-0.15, -0.1) is 0 Å². The summed E-state index contributed by atoms with van der Waals surface area (Å²) in [5.41, 5.74) is 2.17. The lowest BCUT2D eigenvalue weighted by atomic mass is 9.74. The van der Waals surface area contributed by atoms with Crippen LogP contribution < -0.4 is 0 Å². The molecule has 4 rings (SSSR count). The predicted molar refractivity (Wildman–Crippen MR) is 130 cm³/mol. The van der Waals surface area contributed by atoms with Gasteiger partial charge >= 0.3 is 0 Å². The second kappa shape index (κ2) is 11.3. The zero-order valence-corrected chi connectivity index (χ0v) is 20.4. The van der Waals surface area contributed by atoms with E-state index < -0.39 is 16.7 Å². The summed E-state index contributed by atoms with van der Waals surface area (Å²) in [6, 6.07) is 8.04. The second-order valence-corrected chi connectivity index (χ2v) is 11.0. The topological polar surface area (TPSA) is 0 Å². The van der Waals surface area contributed by atoms with Gasteiger partial charge in [0.1, 0.15) is 22.5 Å². The van der Waals surface area contributed by atoms with Gasteiger partial charge in [-0.1, -0.05) is 69.2 Å². The molecule has 2 saturated carbocycles. The van der Waals surface area contributed by atoms with Gasteiger partial charge in [0.05, 0.1) is 0 Å². The summed E-state index contributed by atoms with van der Waals surface area (Å²) in [5, 5.41) is -0.493. The van der Waals surface area contributed by atoms with Crippen molar-refractivity contribution in [3.05, 3.63) is 69.5 Å². The van der Waals surface area contributed by atoms with E-state index in [-0.39, 0.29) is 5.82 Å². The molecule has 0 aromatic heterocycles. The number of aryl methyl sites for hydroxylation is 2. The molecular weight excluding hydrogens is 441 g/mol. The number of rotatable bonds is 7. The molecule has 0 unspecified atom stereocenters. The molecule has 0 atom stereocenters.